The normalized spacial score (nSPS) is 15.1. The summed E-state index contributed by atoms with van der Waals surface area (Å²) < 4.78 is 12.5. The molecule has 2 aromatic heterocycles. The predicted octanol–water partition coefficient (Wildman–Crippen LogP) is 1.67. The van der Waals surface area contributed by atoms with Gasteiger partial charge in [0.05, 0.1) is 18.2 Å². The quantitative estimate of drug-likeness (QED) is 0.802. The third-order valence-corrected chi connectivity index (χ3v) is 4.40. The number of hydrogen-bond acceptors (Lipinski definition) is 8. The van der Waals surface area contributed by atoms with Crippen LogP contribution in [-0.2, 0) is 16.6 Å². The topological polar surface area (TPSA) is 108 Å². The Morgan fingerprint density at radius 1 is 1.35 bits per heavy atom. The summed E-state index contributed by atoms with van der Waals surface area (Å²) in [6.45, 7) is 5.46. The third kappa shape index (κ3) is 3.71. The average Bonchev–Trinajstić information content (AvgIpc) is 2.94. The van der Waals surface area contributed by atoms with E-state index in [0.29, 0.717) is 55.8 Å². The number of nitrogens with zero attached hydrogens (tertiary/aromatic N) is 5. The van der Waals surface area contributed by atoms with Gasteiger partial charge >= 0.3 is 5.97 Å². The molecule has 26 heavy (non-hydrogen) atoms. The van der Waals surface area contributed by atoms with Crippen molar-refractivity contribution in [2.45, 2.75) is 26.7 Å². The third-order valence-electron chi connectivity index (χ3n) is 4.40. The highest BCUT2D eigenvalue weighted by Gasteiger charge is 2.28. The van der Waals surface area contributed by atoms with Gasteiger partial charge in [0.1, 0.15) is 12.0 Å². The molecule has 1 saturated heterocycles. The number of aromatic nitrogens is 4. The first-order chi connectivity index (χ1) is 12.5. The molecule has 0 bridgehead atoms. The molecule has 1 aliphatic heterocycles. The van der Waals surface area contributed by atoms with E-state index in [4.69, 9.17) is 15.2 Å². The molecule has 9 heteroatoms. The first-order valence-corrected chi connectivity index (χ1v) is 8.70. The maximum Gasteiger partial charge on any atom is 0.309 e. The van der Waals surface area contributed by atoms with Crippen LogP contribution in [0.5, 0.6) is 11.8 Å². The van der Waals surface area contributed by atoms with Crippen LogP contribution in [0.1, 0.15) is 25.5 Å². The number of carbonyl (C=O) groups excluding carboxylic acids is 1. The van der Waals surface area contributed by atoms with Crippen molar-refractivity contribution in [2.75, 3.05) is 30.3 Å². The molecule has 0 unspecified atom stereocenters. The molecule has 0 saturated carbocycles. The number of nitrogen functional groups attached to an aromatic ring is 1. The number of aryl methyl sites for hydroxylation is 2. The van der Waals surface area contributed by atoms with Gasteiger partial charge in [-0.1, -0.05) is 0 Å². The van der Waals surface area contributed by atoms with Crippen LogP contribution in [0.3, 0.4) is 0 Å². The zero-order valence-electron chi connectivity index (χ0n) is 15.3. The molecule has 9 nitrogen and oxygen atoms in total. The van der Waals surface area contributed by atoms with Crippen molar-refractivity contribution in [3.8, 4) is 11.8 Å². The number of rotatable bonds is 5. The fraction of sp³-hybridized carbons (Fsp3) is 0.529. The predicted molar refractivity (Wildman–Crippen MR) is 96.0 cm³/mol. The number of ether oxygens (including phenoxy) is 2. The molecule has 0 aliphatic carbocycles. The van der Waals surface area contributed by atoms with Crippen molar-refractivity contribution in [3.05, 3.63) is 18.1 Å². The highest BCUT2D eigenvalue weighted by Crippen LogP contribution is 2.33. The molecule has 3 rings (SSSR count). The molecule has 2 N–H and O–H groups in total. The van der Waals surface area contributed by atoms with Crippen LogP contribution in [-0.4, -0.2) is 45.4 Å². The molecule has 140 valence electrons. The van der Waals surface area contributed by atoms with E-state index in [1.54, 1.807) is 11.7 Å². The van der Waals surface area contributed by atoms with Gasteiger partial charge in [-0.3, -0.25) is 4.79 Å². The zero-order chi connectivity index (χ0) is 18.7. The molecule has 0 aromatic carbocycles. The molecule has 0 atom stereocenters. The maximum atomic E-state index is 11.9. The fourth-order valence-electron chi connectivity index (χ4n) is 3.07. The Kier molecular flexibility index (Phi) is 5.24. The van der Waals surface area contributed by atoms with Crippen LogP contribution in [0, 0.1) is 12.8 Å². The largest absolute Gasteiger partial charge is 0.466 e. The van der Waals surface area contributed by atoms with Gasteiger partial charge in [-0.05, 0) is 26.7 Å². The lowest BCUT2D eigenvalue weighted by Crippen LogP contribution is -2.37. The summed E-state index contributed by atoms with van der Waals surface area (Å²) in [5.41, 5.74) is 7.47. The van der Waals surface area contributed by atoms with Crippen molar-refractivity contribution in [3.63, 3.8) is 0 Å². The summed E-state index contributed by atoms with van der Waals surface area (Å²) in [4.78, 5) is 22.4. The molecular formula is C17H24N6O3. The summed E-state index contributed by atoms with van der Waals surface area (Å²) in [7, 11) is 1.79. The smallest absolute Gasteiger partial charge is 0.309 e. The lowest BCUT2D eigenvalue weighted by Gasteiger charge is -2.32. The van der Waals surface area contributed by atoms with E-state index >= 15 is 0 Å². The summed E-state index contributed by atoms with van der Waals surface area (Å²) in [6.07, 6.45) is 2.85. The van der Waals surface area contributed by atoms with Gasteiger partial charge in [0.15, 0.2) is 5.82 Å². The second-order valence-corrected chi connectivity index (χ2v) is 6.28. The molecule has 1 aliphatic rings. The molecule has 2 aromatic rings. The van der Waals surface area contributed by atoms with Gasteiger partial charge in [-0.2, -0.15) is 10.1 Å². The molecule has 0 radical (unpaired) electrons. The maximum absolute atomic E-state index is 11.9. The number of hydrogen-bond donors (Lipinski definition) is 1. The van der Waals surface area contributed by atoms with E-state index in [1.807, 2.05) is 24.8 Å². The Hall–Kier alpha value is -2.84. The first kappa shape index (κ1) is 18.0. The van der Waals surface area contributed by atoms with Crippen LogP contribution >= 0.6 is 0 Å². The Morgan fingerprint density at radius 2 is 2.08 bits per heavy atom. The van der Waals surface area contributed by atoms with Crippen LogP contribution < -0.4 is 15.4 Å². The summed E-state index contributed by atoms with van der Waals surface area (Å²) in [6, 6.07) is 1.81. The second-order valence-electron chi connectivity index (χ2n) is 6.28. The van der Waals surface area contributed by atoms with E-state index < -0.39 is 0 Å². The minimum atomic E-state index is -0.126. The van der Waals surface area contributed by atoms with Gasteiger partial charge in [0.25, 0.3) is 0 Å². The van der Waals surface area contributed by atoms with Crippen LogP contribution in [0.2, 0.25) is 0 Å². The SMILES string of the molecule is CCOC(=O)C1CCN(c2ncnc(Oc3cc(C)nn3C)c2N)CC1. The number of anilines is 2. The summed E-state index contributed by atoms with van der Waals surface area (Å²) in [5, 5.41) is 4.24. The Balaban J connectivity index is 1.72. The average molecular weight is 360 g/mol. The monoisotopic (exact) mass is 360 g/mol. The fourth-order valence-corrected chi connectivity index (χ4v) is 3.07. The van der Waals surface area contributed by atoms with Gasteiger partial charge in [-0.15, -0.1) is 0 Å². The van der Waals surface area contributed by atoms with Gasteiger partial charge in [-0.25, -0.2) is 9.67 Å². The number of esters is 1. The molecule has 3 heterocycles. The van der Waals surface area contributed by atoms with Crippen LogP contribution in [0.4, 0.5) is 11.5 Å². The van der Waals surface area contributed by atoms with Crippen molar-refractivity contribution in [2.24, 2.45) is 13.0 Å². The molecule has 0 spiro atoms. The Morgan fingerprint density at radius 3 is 2.69 bits per heavy atom. The molecule has 1 fully saturated rings. The molecule has 0 amide bonds. The lowest BCUT2D eigenvalue weighted by molar-refractivity contribution is -0.148. The summed E-state index contributed by atoms with van der Waals surface area (Å²) >= 11 is 0. The number of piperidine rings is 1. The second kappa shape index (κ2) is 7.59. The van der Waals surface area contributed by atoms with Crippen LogP contribution in [0.15, 0.2) is 12.4 Å². The minimum Gasteiger partial charge on any atom is -0.466 e. The van der Waals surface area contributed by atoms with Gasteiger partial charge in [0, 0.05) is 26.2 Å². The minimum absolute atomic E-state index is 0.0672. The van der Waals surface area contributed by atoms with Crippen LogP contribution in [0.25, 0.3) is 0 Å². The van der Waals surface area contributed by atoms with E-state index in [0.717, 1.165) is 5.69 Å². The van der Waals surface area contributed by atoms with E-state index in [9.17, 15) is 4.79 Å². The lowest BCUT2D eigenvalue weighted by atomic mass is 9.97. The Bertz CT molecular complexity index is 783. The van der Waals surface area contributed by atoms with Gasteiger partial charge < -0.3 is 20.1 Å². The summed E-state index contributed by atoms with van der Waals surface area (Å²) in [5.74, 6) is 1.28. The standard InChI is InChI=1S/C17H24N6O3/c1-4-25-17(24)12-5-7-23(8-6-12)15-14(18)16(20-10-19-15)26-13-9-11(2)21-22(13)3/h9-10,12H,4-8,18H2,1-3H3. The zero-order valence-corrected chi connectivity index (χ0v) is 15.3. The highest BCUT2D eigenvalue weighted by molar-refractivity contribution is 5.73. The molecular weight excluding hydrogens is 336 g/mol. The van der Waals surface area contributed by atoms with Crippen molar-refractivity contribution < 1.29 is 14.3 Å². The van der Waals surface area contributed by atoms with Crippen molar-refractivity contribution in [1.82, 2.24) is 19.7 Å². The van der Waals surface area contributed by atoms with E-state index in [1.165, 1.54) is 6.33 Å². The number of carbonyl (C=O) groups is 1. The van der Waals surface area contributed by atoms with E-state index in [2.05, 4.69) is 15.1 Å². The van der Waals surface area contributed by atoms with E-state index in [-0.39, 0.29) is 11.9 Å². The number of nitrogens with two attached hydrogens (primary N) is 1. The highest BCUT2D eigenvalue weighted by atomic mass is 16.5. The van der Waals surface area contributed by atoms with Gasteiger partial charge in [0.2, 0.25) is 11.8 Å². The first-order valence-electron chi connectivity index (χ1n) is 8.70. The van der Waals surface area contributed by atoms with Crippen molar-refractivity contribution >= 4 is 17.5 Å². The Labute approximate surface area is 152 Å². The van der Waals surface area contributed by atoms with Crippen molar-refractivity contribution in [1.29, 1.82) is 0 Å².